The Bertz CT molecular complexity index is 769. The molecule has 1 aromatic heterocycles. The van der Waals surface area contributed by atoms with Crippen LogP contribution in [0.3, 0.4) is 0 Å². The molecule has 114 valence electrons. The first-order chi connectivity index (χ1) is 9.71. The number of hydrogen-bond acceptors (Lipinski definition) is 3. The summed E-state index contributed by atoms with van der Waals surface area (Å²) in [5.74, 6) is 1.37. The lowest BCUT2D eigenvalue weighted by Gasteiger charge is -2.17. The zero-order valence-corrected chi connectivity index (χ0v) is 15.8. The number of aryl methyl sites for hydroxylation is 2. The number of benzene rings is 1. The summed E-state index contributed by atoms with van der Waals surface area (Å²) in [6, 6.07) is 6.98. The van der Waals surface area contributed by atoms with E-state index in [1.807, 2.05) is 19.9 Å². The van der Waals surface area contributed by atoms with Crippen LogP contribution < -0.4 is 0 Å². The average molecular weight is 437 g/mol. The van der Waals surface area contributed by atoms with Crippen molar-refractivity contribution in [2.45, 2.75) is 25.3 Å². The molecule has 2 rings (SSSR count). The Hall–Kier alpha value is -0.630. The van der Waals surface area contributed by atoms with E-state index in [4.69, 9.17) is 4.42 Å². The largest absolute Gasteiger partial charge is 0.465 e. The van der Waals surface area contributed by atoms with Crippen molar-refractivity contribution >= 4 is 41.9 Å². The van der Waals surface area contributed by atoms with Crippen LogP contribution in [-0.4, -0.2) is 19.8 Å². The van der Waals surface area contributed by atoms with Crippen molar-refractivity contribution < 1.29 is 12.8 Å². The van der Waals surface area contributed by atoms with Gasteiger partial charge in [0.15, 0.2) is 0 Å². The summed E-state index contributed by atoms with van der Waals surface area (Å²) >= 11 is 6.69. The monoisotopic (exact) mass is 435 g/mol. The summed E-state index contributed by atoms with van der Waals surface area (Å²) in [5, 5.41) is 0. The van der Waals surface area contributed by atoms with E-state index >= 15 is 0 Å². The van der Waals surface area contributed by atoms with E-state index in [-0.39, 0.29) is 11.4 Å². The number of furan rings is 1. The Morgan fingerprint density at radius 2 is 1.81 bits per heavy atom. The van der Waals surface area contributed by atoms with E-state index < -0.39 is 10.0 Å². The Kier molecular flexibility index (Phi) is 4.97. The molecule has 7 heteroatoms. The van der Waals surface area contributed by atoms with E-state index in [9.17, 15) is 8.42 Å². The second-order valence-electron chi connectivity index (χ2n) is 4.81. The molecule has 2 aromatic rings. The summed E-state index contributed by atoms with van der Waals surface area (Å²) in [6.45, 7) is 3.92. The molecule has 0 unspecified atom stereocenters. The van der Waals surface area contributed by atoms with Crippen LogP contribution >= 0.6 is 31.9 Å². The van der Waals surface area contributed by atoms with Gasteiger partial charge in [0.05, 0.1) is 11.4 Å². The Labute approximate surface area is 141 Å². The van der Waals surface area contributed by atoms with Gasteiger partial charge in [0, 0.05) is 16.0 Å². The van der Waals surface area contributed by atoms with Gasteiger partial charge in [0.25, 0.3) is 0 Å². The lowest BCUT2D eigenvalue weighted by atomic mass is 10.2. The van der Waals surface area contributed by atoms with Gasteiger partial charge >= 0.3 is 0 Å². The summed E-state index contributed by atoms with van der Waals surface area (Å²) in [5.41, 5.74) is 0.963. The molecule has 0 saturated heterocycles. The SMILES string of the molecule is Cc1ccc(CN(C)S(=O)(=O)c2cc(Br)c(C)cc2Br)o1. The standard InChI is InChI=1S/C14H15Br2NO3S/c1-9-6-13(16)14(7-12(9)15)21(18,19)17(3)8-11-5-4-10(2)20-11/h4-7H,8H2,1-3H3. The number of hydrogen-bond donors (Lipinski definition) is 0. The van der Waals surface area contributed by atoms with Crippen LogP contribution in [0.5, 0.6) is 0 Å². The van der Waals surface area contributed by atoms with E-state index in [2.05, 4.69) is 31.9 Å². The highest BCUT2D eigenvalue weighted by atomic mass is 79.9. The maximum atomic E-state index is 12.7. The minimum Gasteiger partial charge on any atom is -0.465 e. The van der Waals surface area contributed by atoms with Crippen LogP contribution in [0.2, 0.25) is 0 Å². The van der Waals surface area contributed by atoms with Crippen molar-refractivity contribution in [3.8, 4) is 0 Å². The molecule has 1 aromatic carbocycles. The van der Waals surface area contributed by atoms with E-state index in [0.717, 1.165) is 15.8 Å². The average Bonchev–Trinajstić information content (AvgIpc) is 2.79. The Balaban J connectivity index is 2.35. The normalized spacial score (nSPS) is 12.1. The maximum Gasteiger partial charge on any atom is 0.244 e. The smallest absolute Gasteiger partial charge is 0.244 e. The fraction of sp³-hybridized carbons (Fsp3) is 0.286. The van der Waals surface area contributed by atoms with Gasteiger partial charge in [-0.15, -0.1) is 0 Å². The molecule has 0 spiro atoms. The zero-order chi connectivity index (χ0) is 15.8. The lowest BCUT2D eigenvalue weighted by Crippen LogP contribution is -2.26. The van der Waals surface area contributed by atoms with Gasteiger partial charge < -0.3 is 4.42 Å². The van der Waals surface area contributed by atoms with Gasteiger partial charge in [-0.2, -0.15) is 4.31 Å². The highest BCUT2D eigenvalue weighted by Gasteiger charge is 2.25. The van der Waals surface area contributed by atoms with Gasteiger partial charge in [-0.1, -0.05) is 15.9 Å². The third-order valence-corrected chi connectivity index (χ3v) is 6.69. The predicted octanol–water partition coefficient (Wildman–Crippen LogP) is 4.24. The molecule has 0 bridgehead atoms. The molecule has 0 aliphatic rings. The Morgan fingerprint density at radius 3 is 2.38 bits per heavy atom. The molecule has 0 amide bonds. The van der Waals surface area contributed by atoms with Crippen molar-refractivity contribution in [1.29, 1.82) is 0 Å². The third kappa shape index (κ3) is 3.59. The third-order valence-electron chi connectivity index (χ3n) is 3.08. The first-order valence-electron chi connectivity index (χ1n) is 6.19. The van der Waals surface area contributed by atoms with Crippen LogP contribution in [-0.2, 0) is 16.6 Å². The minimum atomic E-state index is -3.60. The molecule has 0 radical (unpaired) electrons. The fourth-order valence-electron chi connectivity index (χ4n) is 1.87. The number of halogens is 2. The van der Waals surface area contributed by atoms with Crippen molar-refractivity contribution in [2.75, 3.05) is 7.05 Å². The molecule has 0 N–H and O–H groups in total. The number of sulfonamides is 1. The van der Waals surface area contributed by atoms with E-state index in [1.165, 1.54) is 11.4 Å². The number of rotatable bonds is 4. The molecule has 0 aliphatic heterocycles. The van der Waals surface area contributed by atoms with Gasteiger partial charge in [0.1, 0.15) is 11.5 Å². The van der Waals surface area contributed by atoms with E-state index in [0.29, 0.717) is 10.2 Å². The second-order valence-corrected chi connectivity index (χ2v) is 8.53. The Morgan fingerprint density at radius 1 is 1.14 bits per heavy atom. The summed E-state index contributed by atoms with van der Waals surface area (Å²) in [4.78, 5) is 0.228. The van der Waals surface area contributed by atoms with Crippen molar-refractivity contribution in [1.82, 2.24) is 4.31 Å². The predicted molar refractivity (Wildman–Crippen MR) is 88.7 cm³/mol. The highest BCUT2D eigenvalue weighted by Crippen LogP contribution is 2.31. The number of nitrogens with zero attached hydrogens (tertiary/aromatic N) is 1. The van der Waals surface area contributed by atoms with Crippen molar-refractivity contribution in [3.63, 3.8) is 0 Å². The summed E-state index contributed by atoms with van der Waals surface area (Å²) in [7, 11) is -2.07. The highest BCUT2D eigenvalue weighted by molar-refractivity contribution is 9.11. The van der Waals surface area contributed by atoms with Gasteiger partial charge in [-0.05, 0) is 59.6 Å². The quantitative estimate of drug-likeness (QED) is 0.719. The summed E-state index contributed by atoms with van der Waals surface area (Å²) in [6.07, 6.45) is 0. The minimum absolute atomic E-state index is 0.189. The molecule has 4 nitrogen and oxygen atoms in total. The summed E-state index contributed by atoms with van der Waals surface area (Å²) < 4.78 is 33.3. The molecule has 21 heavy (non-hydrogen) atoms. The van der Waals surface area contributed by atoms with Crippen LogP contribution in [0.15, 0.2) is 42.5 Å². The molecule has 0 aliphatic carbocycles. The van der Waals surface area contributed by atoms with Crippen LogP contribution in [0, 0.1) is 13.8 Å². The molecule has 1 heterocycles. The fourth-order valence-corrected chi connectivity index (χ4v) is 4.64. The van der Waals surface area contributed by atoms with Crippen LogP contribution in [0.1, 0.15) is 17.1 Å². The molecule has 0 saturated carbocycles. The molecular formula is C14H15Br2NO3S. The first kappa shape index (κ1) is 16.7. The van der Waals surface area contributed by atoms with Gasteiger partial charge in [-0.3, -0.25) is 0 Å². The molecule has 0 atom stereocenters. The topological polar surface area (TPSA) is 50.5 Å². The first-order valence-corrected chi connectivity index (χ1v) is 9.21. The molecular weight excluding hydrogens is 422 g/mol. The lowest BCUT2D eigenvalue weighted by molar-refractivity contribution is 0.397. The molecule has 0 fully saturated rings. The van der Waals surface area contributed by atoms with E-state index in [1.54, 1.807) is 18.2 Å². The van der Waals surface area contributed by atoms with Gasteiger partial charge in [-0.25, -0.2) is 8.42 Å². The maximum absolute atomic E-state index is 12.7. The van der Waals surface area contributed by atoms with Crippen molar-refractivity contribution in [3.05, 3.63) is 50.3 Å². The van der Waals surface area contributed by atoms with Crippen LogP contribution in [0.25, 0.3) is 0 Å². The second kappa shape index (κ2) is 6.24. The zero-order valence-electron chi connectivity index (χ0n) is 11.9. The van der Waals surface area contributed by atoms with Crippen LogP contribution in [0.4, 0.5) is 0 Å². The van der Waals surface area contributed by atoms with Gasteiger partial charge in [0.2, 0.25) is 10.0 Å². The van der Waals surface area contributed by atoms with Crippen molar-refractivity contribution in [2.24, 2.45) is 0 Å².